The van der Waals surface area contributed by atoms with E-state index >= 15 is 0 Å². The van der Waals surface area contributed by atoms with Crippen LogP contribution in [0.15, 0.2) is 81.5 Å². The Bertz CT molecular complexity index is 942. The van der Waals surface area contributed by atoms with Crippen molar-refractivity contribution in [2.75, 3.05) is 6.61 Å². The van der Waals surface area contributed by atoms with Crippen LogP contribution in [0.25, 0.3) is 0 Å². The van der Waals surface area contributed by atoms with Gasteiger partial charge in [0.1, 0.15) is 0 Å². The molecule has 0 bridgehead atoms. The van der Waals surface area contributed by atoms with Crippen molar-refractivity contribution >= 4 is 5.97 Å². The van der Waals surface area contributed by atoms with Crippen molar-refractivity contribution in [1.82, 2.24) is 0 Å². The summed E-state index contributed by atoms with van der Waals surface area (Å²) in [7, 11) is 0. The molecule has 0 heterocycles. The lowest BCUT2D eigenvalue weighted by atomic mass is 10.0. The van der Waals surface area contributed by atoms with E-state index in [2.05, 4.69) is 97.9 Å². The number of carbonyl (C=O) groups excluding carboxylic acids is 1. The summed E-state index contributed by atoms with van der Waals surface area (Å²) < 4.78 is 4.98. The molecular weight excluding hydrogens is 500 g/mol. The van der Waals surface area contributed by atoms with Crippen LogP contribution < -0.4 is 0 Å². The number of esters is 1. The molecule has 0 spiro atoms. The van der Waals surface area contributed by atoms with Gasteiger partial charge >= 0.3 is 5.97 Å². The molecule has 0 aromatic carbocycles. The maximum atomic E-state index is 11.4. The fourth-order valence-corrected chi connectivity index (χ4v) is 4.60. The van der Waals surface area contributed by atoms with Gasteiger partial charge in [-0.05, 0) is 146 Å². The first-order chi connectivity index (χ1) is 19.5. The molecule has 0 unspecified atom stereocenters. The highest BCUT2D eigenvalue weighted by molar-refractivity contribution is 5.69. The molecular formula is C39H64O2. The predicted molar refractivity (Wildman–Crippen MR) is 183 cm³/mol. The van der Waals surface area contributed by atoms with Crippen LogP contribution in [0.1, 0.15) is 152 Å². The molecule has 0 N–H and O–H groups in total. The van der Waals surface area contributed by atoms with Crippen molar-refractivity contribution in [3.05, 3.63) is 81.5 Å². The smallest absolute Gasteiger partial charge is 0.306 e. The van der Waals surface area contributed by atoms with Gasteiger partial charge in [0.05, 0.1) is 6.61 Å². The quantitative estimate of drug-likeness (QED) is 0.0965. The largest absolute Gasteiger partial charge is 0.466 e. The summed E-state index contributed by atoms with van der Waals surface area (Å²) >= 11 is 0. The van der Waals surface area contributed by atoms with E-state index in [0.717, 1.165) is 57.8 Å². The molecule has 0 aliphatic rings. The van der Waals surface area contributed by atoms with Crippen LogP contribution in [0.5, 0.6) is 0 Å². The molecule has 0 fully saturated rings. The zero-order chi connectivity index (χ0) is 30.9. The van der Waals surface area contributed by atoms with Crippen molar-refractivity contribution in [2.24, 2.45) is 0 Å². The van der Waals surface area contributed by atoms with Gasteiger partial charge in [-0.1, -0.05) is 81.5 Å². The Labute approximate surface area is 255 Å². The SMILES string of the molecule is CCOC(=O)CC/C=C(/C)CC/C=C(/C)CC/C=C(/C)CC/C=C(/C)CC/C=C(\C)CC/C=C(\C)CCC=C(C)C. The molecule has 0 atom stereocenters. The van der Waals surface area contributed by atoms with Crippen LogP contribution >= 0.6 is 0 Å². The van der Waals surface area contributed by atoms with Gasteiger partial charge in [-0.3, -0.25) is 4.79 Å². The van der Waals surface area contributed by atoms with Crippen LogP contribution in [-0.4, -0.2) is 12.6 Å². The number of carbonyl (C=O) groups is 1. The Morgan fingerprint density at radius 1 is 0.415 bits per heavy atom. The molecule has 2 nitrogen and oxygen atoms in total. The monoisotopic (exact) mass is 564 g/mol. The fraction of sp³-hybridized carbons (Fsp3) is 0.615. The minimum Gasteiger partial charge on any atom is -0.466 e. The zero-order valence-corrected chi connectivity index (χ0v) is 28.5. The second kappa shape index (κ2) is 25.4. The minimum atomic E-state index is -0.101. The Kier molecular flexibility index (Phi) is 23.9. The standard InChI is InChI=1S/C39H64O2/c1-10-41-39(40)31-17-30-38(9)29-16-28-37(8)27-15-26-36(7)25-14-24-35(6)23-13-22-34(5)21-12-20-33(4)19-11-18-32(2)3/h18,20,22,24,26,28,30H,10-17,19,21,23,25,27,29,31H2,1-9H3/b33-20+,34-22+,35-24-,36-26-,37-28-,38-30-. The van der Waals surface area contributed by atoms with Gasteiger partial charge in [-0.2, -0.15) is 0 Å². The molecule has 0 radical (unpaired) electrons. The molecule has 0 aromatic heterocycles. The number of allylic oxidation sites excluding steroid dienone is 14. The average Bonchev–Trinajstić information content (AvgIpc) is 2.88. The van der Waals surface area contributed by atoms with Crippen LogP contribution in [0.3, 0.4) is 0 Å². The molecule has 0 saturated carbocycles. The van der Waals surface area contributed by atoms with Gasteiger partial charge in [-0.25, -0.2) is 0 Å². The van der Waals surface area contributed by atoms with Crippen LogP contribution in [-0.2, 0) is 9.53 Å². The van der Waals surface area contributed by atoms with Gasteiger partial charge in [0.2, 0.25) is 0 Å². The van der Waals surface area contributed by atoms with Crippen molar-refractivity contribution in [1.29, 1.82) is 0 Å². The highest BCUT2D eigenvalue weighted by Crippen LogP contribution is 2.16. The number of rotatable bonds is 22. The summed E-state index contributed by atoms with van der Waals surface area (Å²) in [6, 6.07) is 0. The molecule has 0 aliphatic carbocycles. The molecule has 2 heteroatoms. The van der Waals surface area contributed by atoms with Gasteiger partial charge in [0.15, 0.2) is 0 Å². The average molecular weight is 565 g/mol. The Balaban J connectivity index is 4.17. The normalized spacial score (nSPS) is 14.0. The minimum absolute atomic E-state index is 0.101. The van der Waals surface area contributed by atoms with Gasteiger partial charge in [0.25, 0.3) is 0 Å². The third-order valence-corrected chi connectivity index (χ3v) is 7.40. The number of ether oxygens (including phenoxy) is 1. The summed E-state index contributed by atoms with van der Waals surface area (Å²) in [6.45, 7) is 20.2. The predicted octanol–water partition coefficient (Wildman–Crippen LogP) is 12.7. The summed E-state index contributed by atoms with van der Waals surface area (Å²) in [5.41, 5.74) is 10.3. The molecule has 41 heavy (non-hydrogen) atoms. The number of hydrogen-bond acceptors (Lipinski definition) is 2. The molecule has 0 aromatic rings. The maximum absolute atomic E-state index is 11.4. The van der Waals surface area contributed by atoms with Crippen LogP contribution in [0.2, 0.25) is 0 Å². The van der Waals surface area contributed by atoms with E-state index in [-0.39, 0.29) is 5.97 Å². The van der Waals surface area contributed by atoms with E-state index in [4.69, 9.17) is 4.74 Å². The van der Waals surface area contributed by atoms with E-state index in [1.165, 1.54) is 64.7 Å². The lowest BCUT2D eigenvalue weighted by Crippen LogP contribution is -2.02. The maximum Gasteiger partial charge on any atom is 0.306 e. The summed E-state index contributed by atoms with van der Waals surface area (Å²) in [5.74, 6) is -0.101. The summed E-state index contributed by atoms with van der Waals surface area (Å²) in [6.07, 6.45) is 31.6. The third kappa shape index (κ3) is 26.3. The Morgan fingerprint density at radius 3 is 0.902 bits per heavy atom. The first kappa shape index (κ1) is 38.6. The van der Waals surface area contributed by atoms with Crippen LogP contribution in [0.4, 0.5) is 0 Å². The van der Waals surface area contributed by atoms with E-state index in [1.54, 1.807) is 0 Å². The molecule has 232 valence electrons. The lowest BCUT2D eigenvalue weighted by Gasteiger charge is -2.04. The van der Waals surface area contributed by atoms with Gasteiger partial charge < -0.3 is 4.74 Å². The molecule has 0 aliphatic heterocycles. The second-order valence-electron chi connectivity index (χ2n) is 12.2. The first-order valence-electron chi connectivity index (χ1n) is 16.3. The fourth-order valence-electron chi connectivity index (χ4n) is 4.60. The van der Waals surface area contributed by atoms with E-state index in [9.17, 15) is 4.79 Å². The summed E-state index contributed by atoms with van der Waals surface area (Å²) in [4.78, 5) is 11.4. The van der Waals surface area contributed by atoms with Crippen molar-refractivity contribution in [2.45, 2.75) is 152 Å². The van der Waals surface area contributed by atoms with Crippen LogP contribution in [0, 0.1) is 0 Å². The molecule has 0 saturated heterocycles. The van der Waals surface area contributed by atoms with E-state index < -0.39 is 0 Å². The van der Waals surface area contributed by atoms with E-state index in [1.807, 2.05) is 6.92 Å². The van der Waals surface area contributed by atoms with Gasteiger partial charge in [-0.15, -0.1) is 0 Å². The van der Waals surface area contributed by atoms with Gasteiger partial charge in [0, 0.05) is 6.42 Å². The second-order valence-corrected chi connectivity index (χ2v) is 12.2. The van der Waals surface area contributed by atoms with Crippen molar-refractivity contribution in [3.8, 4) is 0 Å². The van der Waals surface area contributed by atoms with E-state index in [0.29, 0.717) is 13.0 Å². The van der Waals surface area contributed by atoms with Crippen molar-refractivity contribution in [3.63, 3.8) is 0 Å². The molecule has 0 amide bonds. The third-order valence-electron chi connectivity index (χ3n) is 7.40. The Morgan fingerprint density at radius 2 is 0.659 bits per heavy atom. The highest BCUT2D eigenvalue weighted by Gasteiger charge is 2.00. The van der Waals surface area contributed by atoms with Crippen molar-refractivity contribution < 1.29 is 9.53 Å². The molecule has 0 rings (SSSR count). The zero-order valence-electron chi connectivity index (χ0n) is 28.5. The first-order valence-corrected chi connectivity index (χ1v) is 16.3. The topological polar surface area (TPSA) is 26.3 Å². The lowest BCUT2D eigenvalue weighted by molar-refractivity contribution is -0.143. The highest BCUT2D eigenvalue weighted by atomic mass is 16.5. The Hall–Kier alpha value is -2.35. The summed E-state index contributed by atoms with van der Waals surface area (Å²) in [5, 5.41) is 0. The number of hydrogen-bond donors (Lipinski definition) is 0.